The minimum atomic E-state index is -0.594. The van der Waals surface area contributed by atoms with Crippen molar-refractivity contribution >= 4 is 0 Å². The smallest absolute Gasteiger partial charge is 0.163 e. The summed E-state index contributed by atoms with van der Waals surface area (Å²) in [5.41, 5.74) is 0. The van der Waals surface area contributed by atoms with Gasteiger partial charge in [0.15, 0.2) is 5.79 Å². The molecule has 4 nitrogen and oxygen atoms in total. The third kappa shape index (κ3) is 4.69. The van der Waals surface area contributed by atoms with Crippen molar-refractivity contribution < 1.29 is 19.7 Å². The Labute approximate surface area is 123 Å². The van der Waals surface area contributed by atoms with E-state index >= 15 is 0 Å². The van der Waals surface area contributed by atoms with Crippen molar-refractivity contribution in [3.05, 3.63) is 0 Å². The summed E-state index contributed by atoms with van der Waals surface area (Å²) < 4.78 is 11.9. The first kappa shape index (κ1) is 17.9. The maximum Gasteiger partial charge on any atom is 0.163 e. The number of rotatable bonds is 6. The number of aliphatic hydroxyl groups is 2. The van der Waals surface area contributed by atoms with Gasteiger partial charge in [0.2, 0.25) is 0 Å². The second kappa shape index (κ2) is 7.21. The first-order valence-electron chi connectivity index (χ1n) is 7.82. The van der Waals surface area contributed by atoms with Crippen LogP contribution in [0.4, 0.5) is 0 Å². The molecule has 1 fully saturated rings. The van der Waals surface area contributed by atoms with Crippen LogP contribution in [0.3, 0.4) is 0 Å². The van der Waals surface area contributed by atoms with Crippen molar-refractivity contribution in [2.75, 3.05) is 6.61 Å². The molecule has 0 spiro atoms. The summed E-state index contributed by atoms with van der Waals surface area (Å²) in [4.78, 5) is 0. The normalized spacial score (nSPS) is 34.5. The molecule has 20 heavy (non-hydrogen) atoms. The molecule has 0 aromatic heterocycles. The van der Waals surface area contributed by atoms with Crippen LogP contribution in [0.2, 0.25) is 0 Å². The minimum absolute atomic E-state index is 0.00631. The molecular weight excluding hydrogens is 256 g/mol. The standard InChI is InChI=1S/C16H32O4/c1-10(9-17)7-8-14(18)12(3)15-11(2)13(4)19-16(5,6)20-15/h10-15,17-18H,7-9H2,1-6H3/t10-,11+,12+,13-,14-,15-/m0/s1. The molecule has 1 aliphatic heterocycles. The van der Waals surface area contributed by atoms with E-state index in [0.717, 1.165) is 6.42 Å². The lowest BCUT2D eigenvalue weighted by Gasteiger charge is -2.46. The zero-order chi connectivity index (χ0) is 15.5. The van der Waals surface area contributed by atoms with E-state index in [1.807, 2.05) is 27.7 Å². The van der Waals surface area contributed by atoms with E-state index < -0.39 is 11.9 Å². The molecule has 0 saturated carbocycles. The van der Waals surface area contributed by atoms with Crippen molar-refractivity contribution in [1.82, 2.24) is 0 Å². The molecule has 4 heteroatoms. The Bertz CT molecular complexity index is 292. The van der Waals surface area contributed by atoms with Gasteiger partial charge < -0.3 is 19.7 Å². The molecule has 2 N–H and O–H groups in total. The molecule has 1 rings (SSSR count). The van der Waals surface area contributed by atoms with Gasteiger partial charge in [0, 0.05) is 18.4 Å². The van der Waals surface area contributed by atoms with Gasteiger partial charge in [0.05, 0.1) is 18.3 Å². The maximum absolute atomic E-state index is 10.4. The van der Waals surface area contributed by atoms with Crippen LogP contribution in [0.15, 0.2) is 0 Å². The predicted octanol–water partition coefficient (Wildman–Crippen LogP) is 2.57. The molecule has 120 valence electrons. The molecule has 0 bridgehead atoms. The highest BCUT2D eigenvalue weighted by Crippen LogP contribution is 2.36. The van der Waals surface area contributed by atoms with Crippen LogP contribution < -0.4 is 0 Å². The van der Waals surface area contributed by atoms with Crippen molar-refractivity contribution in [3.8, 4) is 0 Å². The molecule has 1 aliphatic rings. The van der Waals surface area contributed by atoms with Crippen LogP contribution in [0.5, 0.6) is 0 Å². The van der Waals surface area contributed by atoms with Crippen molar-refractivity contribution in [1.29, 1.82) is 0 Å². The average molecular weight is 288 g/mol. The van der Waals surface area contributed by atoms with Gasteiger partial charge in [-0.05, 0) is 39.5 Å². The fourth-order valence-electron chi connectivity index (χ4n) is 2.90. The van der Waals surface area contributed by atoms with Crippen molar-refractivity contribution in [2.24, 2.45) is 17.8 Å². The highest BCUT2D eigenvalue weighted by atomic mass is 16.7. The molecule has 0 unspecified atom stereocenters. The Morgan fingerprint density at radius 1 is 1.10 bits per heavy atom. The lowest BCUT2D eigenvalue weighted by atomic mass is 9.83. The van der Waals surface area contributed by atoms with Gasteiger partial charge >= 0.3 is 0 Å². The van der Waals surface area contributed by atoms with Gasteiger partial charge in [-0.1, -0.05) is 20.8 Å². The second-order valence-electron chi connectivity index (χ2n) is 6.96. The topological polar surface area (TPSA) is 58.9 Å². The predicted molar refractivity (Wildman–Crippen MR) is 79.3 cm³/mol. The highest BCUT2D eigenvalue weighted by Gasteiger charge is 2.42. The quantitative estimate of drug-likeness (QED) is 0.788. The summed E-state index contributed by atoms with van der Waals surface area (Å²) >= 11 is 0. The van der Waals surface area contributed by atoms with Crippen LogP contribution in [0.25, 0.3) is 0 Å². The molecular formula is C16H32O4. The molecule has 0 aromatic rings. The molecule has 0 aromatic carbocycles. The van der Waals surface area contributed by atoms with E-state index in [1.54, 1.807) is 0 Å². The van der Waals surface area contributed by atoms with Crippen molar-refractivity contribution in [3.63, 3.8) is 0 Å². The van der Waals surface area contributed by atoms with Crippen LogP contribution >= 0.6 is 0 Å². The van der Waals surface area contributed by atoms with Crippen LogP contribution in [-0.4, -0.2) is 40.9 Å². The van der Waals surface area contributed by atoms with Crippen molar-refractivity contribution in [2.45, 2.75) is 78.5 Å². The van der Waals surface area contributed by atoms with Gasteiger partial charge in [-0.2, -0.15) is 0 Å². The molecule has 6 atom stereocenters. The third-order valence-electron chi connectivity index (χ3n) is 4.54. The fraction of sp³-hybridized carbons (Fsp3) is 1.00. The monoisotopic (exact) mass is 288 g/mol. The lowest BCUT2D eigenvalue weighted by molar-refractivity contribution is -0.326. The molecule has 1 heterocycles. The second-order valence-corrected chi connectivity index (χ2v) is 6.96. The highest BCUT2D eigenvalue weighted by molar-refractivity contribution is 4.86. The summed E-state index contributed by atoms with van der Waals surface area (Å²) in [6.45, 7) is 12.2. The lowest BCUT2D eigenvalue weighted by Crippen LogP contribution is -2.53. The molecule has 0 amide bonds. The minimum Gasteiger partial charge on any atom is -0.396 e. The Morgan fingerprint density at radius 3 is 2.25 bits per heavy atom. The summed E-state index contributed by atoms with van der Waals surface area (Å²) in [6.07, 6.45) is 1.24. The van der Waals surface area contributed by atoms with E-state index in [2.05, 4.69) is 13.8 Å². The number of aliphatic hydroxyl groups excluding tert-OH is 2. The molecule has 0 aliphatic carbocycles. The van der Waals surface area contributed by atoms with E-state index in [9.17, 15) is 5.11 Å². The van der Waals surface area contributed by atoms with Gasteiger partial charge in [-0.15, -0.1) is 0 Å². The number of hydrogen-bond donors (Lipinski definition) is 2. The van der Waals surface area contributed by atoms with Gasteiger partial charge in [-0.25, -0.2) is 0 Å². The fourth-order valence-corrected chi connectivity index (χ4v) is 2.90. The Balaban J connectivity index is 2.61. The van der Waals surface area contributed by atoms with Crippen LogP contribution in [-0.2, 0) is 9.47 Å². The zero-order valence-corrected chi connectivity index (χ0v) is 13.8. The summed E-state index contributed by atoms with van der Waals surface area (Å²) in [5.74, 6) is -0.0483. The van der Waals surface area contributed by atoms with Gasteiger partial charge in [0.25, 0.3) is 0 Å². The third-order valence-corrected chi connectivity index (χ3v) is 4.54. The SMILES string of the molecule is C[C@H](CO)CC[C@H](O)[C@@H](C)[C@H]1OC(C)(C)O[C@@H](C)[C@H]1C. The Morgan fingerprint density at radius 2 is 1.70 bits per heavy atom. The van der Waals surface area contributed by atoms with E-state index in [-0.39, 0.29) is 36.6 Å². The van der Waals surface area contributed by atoms with Crippen LogP contribution in [0.1, 0.15) is 54.4 Å². The van der Waals surface area contributed by atoms with Crippen LogP contribution in [0, 0.1) is 17.8 Å². The Kier molecular flexibility index (Phi) is 6.45. The number of ether oxygens (including phenoxy) is 2. The number of hydrogen-bond acceptors (Lipinski definition) is 4. The molecule has 0 radical (unpaired) electrons. The Hall–Kier alpha value is -0.160. The van der Waals surface area contributed by atoms with E-state index in [4.69, 9.17) is 14.6 Å². The first-order chi connectivity index (χ1) is 9.18. The van der Waals surface area contributed by atoms with Gasteiger partial charge in [0.1, 0.15) is 0 Å². The largest absolute Gasteiger partial charge is 0.396 e. The van der Waals surface area contributed by atoms with Gasteiger partial charge in [-0.3, -0.25) is 0 Å². The zero-order valence-electron chi connectivity index (χ0n) is 13.8. The van der Waals surface area contributed by atoms with E-state index in [0.29, 0.717) is 6.42 Å². The average Bonchev–Trinajstić information content (AvgIpc) is 2.38. The summed E-state index contributed by atoms with van der Waals surface area (Å²) in [6, 6.07) is 0. The summed E-state index contributed by atoms with van der Waals surface area (Å²) in [7, 11) is 0. The summed E-state index contributed by atoms with van der Waals surface area (Å²) in [5, 5.41) is 19.4. The first-order valence-corrected chi connectivity index (χ1v) is 7.82. The maximum atomic E-state index is 10.4. The molecule has 1 saturated heterocycles. The van der Waals surface area contributed by atoms with E-state index in [1.165, 1.54) is 0 Å².